The summed E-state index contributed by atoms with van der Waals surface area (Å²) in [5, 5.41) is 8.06. The lowest BCUT2D eigenvalue weighted by Gasteiger charge is -2.15. The van der Waals surface area contributed by atoms with Gasteiger partial charge in [0.2, 0.25) is 0 Å². The van der Waals surface area contributed by atoms with E-state index in [4.69, 9.17) is 5.11 Å². The van der Waals surface area contributed by atoms with Gasteiger partial charge in [0.25, 0.3) is 6.10 Å². The smallest absolute Gasteiger partial charge is 0.425 e. The van der Waals surface area contributed by atoms with Crippen LogP contribution in [0.5, 0.6) is 0 Å². The van der Waals surface area contributed by atoms with Crippen LogP contribution in [0.25, 0.3) is 0 Å². The Hall–Kier alpha value is -1.04. The third-order valence-electron chi connectivity index (χ3n) is 0.902. The van der Waals surface area contributed by atoms with Gasteiger partial charge in [0.05, 0.1) is 6.61 Å². The molecular weight excluding hydrogens is 177 g/mol. The molecule has 0 bridgehead atoms. The van der Waals surface area contributed by atoms with E-state index in [-0.39, 0.29) is 0 Å². The zero-order chi connectivity index (χ0) is 9.78. The van der Waals surface area contributed by atoms with Gasteiger partial charge in [0, 0.05) is 0 Å². The van der Waals surface area contributed by atoms with Gasteiger partial charge in [-0.1, -0.05) is 6.08 Å². The molecule has 1 unspecified atom stereocenters. The number of alkyl halides is 3. The molecule has 0 aromatic rings. The molecular formula is C6H7F3O3. The van der Waals surface area contributed by atoms with Crippen molar-refractivity contribution in [3.8, 4) is 0 Å². The minimum atomic E-state index is -4.88. The molecule has 0 spiro atoms. The van der Waals surface area contributed by atoms with Crippen LogP contribution in [0.1, 0.15) is 0 Å². The largest absolute Gasteiger partial charge is 0.479 e. The summed E-state index contributed by atoms with van der Waals surface area (Å²) < 4.78 is 39.2. The maximum absolute atomic E-state index is 11.8. The maximum Gasteiger partial charge on any atom is 0.425 e. The predicted octanol–water partition coefficient (Wildman–Crippen LogP) is 1.20. The van der Waals surface area contributed by atoms with Crippen molar-refractivity contribution in [1.29, 1.82) is 0 Å². The Kier molecular flexibility index (Phi) is 3.75. The van der Waals surface area contributed by atoms with Crippen LogP contribution in [0.15, 0.2) is 12.7 Å². The fourth-order valence-electron chi connectivity index (χ4n) is 0.470. The number of hydrogen-bond acceptors (Lipinski definition) is 2. The van der Waals surface area contributed by atoms with Crippen molar-refractivity contribution in [1.82, 2.24) is 0 Å². The molecule has 1 N–H and O–H groups in total. The summed E-state index contributed by atoms with van der Waals surface area (Å²) >= 11 is 0. The number of ether oxygens (including phenoxy) is 1. The number of carbonyl (C=O) groups is 1. The van der Waals surface area contributed by atoms with E-state index in [9.17, 15) is 18.0 Å². The fraction of sp³-hybridized carbons (Fsp3) is 0.500. The first kappa shape index (κ1) is 11.0. The lowest BCUT2D eigenvalue weighted by Crippen LogP contribution is -2.39. The molecule has 12 heavy (non-hydrogen) atoms. The molecule has 0 aromatic carbocycles. The van der Waals surface area contributed by atoms with Crippen LogP contribution in [-0.4, -0.2) is 30.0 Å². The second kappa shape index (κ2) is 4.10. The van der Waals surface area contributed by atoms with Gasteiger partial charge in [-0.05, 0) is 0 Å². The monoisotopic (exact) mass is 184 g/mol. The first-order chi connectivity index (χ1) is 5.39. The number of carboxylic acid groups (broad SMARTS) is 1. The van der Waals surface area contributed by atoms with E-state index >= 15 is 0 Å². The average molecular weight is 184 g/mol. The molecule has 1 atom stereocenters. The highest BCUT2D eigenvalue weighted by atomic mass is 19.4. The van der Waals surface area contributed by atoms with Crippen LogP contribution in [0, 0.1) is 0 Å². The van der Waals surface area contributed by atoms with Gasteiger partial charge in [-0.3, -0.25) is 0 Å². The predicted molar refractivity (Wildman–Crippen MR) is 33.6 cm³/mol. The zero-order valence-electron chi connectivity index (χ0n) is 5.97. The van der Waals surface area contributed by atoms with E-state index in [0.717, 1.165) is 6.08 Å². The van der Waals surface area contributed by atoms with Crippen LogP contribution in [-0.2, 0) is 9.53 Å². The highest BCUT2D eigenvalue weighted by Crippen LogP contribution is 2.22. The first-order valence-electron chi connectivity index (χ1n) is 2.91. The quantitative estimate of drug-likeness (QED) is 0.668. The Morgan fingerprint density at radius 3 is 2.42 bits per heavy atom. The summed E-state index contributed by atoms with van der Waals surface area (Å²) in [7, 11) is 0. The molecule has 0 saturated heterocycles. The van der Waals surface area contributed by atoms with E-state index in [2.05, 4.69) is 11.3 Å². The topological polar surface area (TPSA) is 46.5 Å². The zero-order valence-corrected chi connectivity index (χ0v) is 5.97. The molecule has 0 heterocycles. The van der Waals surface area contributed by atoms with Crippen molar-refractivity contribution in [2.75, 3.05) is 6.61 Å². The fourth-order valence-corrected chi connectivity index (χ4v) is 0.470. The average Bonchev–Trinajstić information content (AvgIpc) is 1.84. The second-order valence-corrected chi connectivity index (χ2v) is 1.88. The molecule has 0 aromatic heterocycles. The van der Waals surface area contributed by atoms with Crippen LogP contribution in [0.2, 0.25) is 0 Å². The molecule has 0 aliphatic rings. The highest BCUT2D eigenvalue weighted by molar-refractivity contribution is 5.73. The van der Waals surface area contributed by atoms with Gasteiger partial charge in [-0.2, -0.15) is 13.2 Å². The van der Waals surface area contributed by atoms with Crippen molar-refractivity contribution in [3.05, 3.63) is 12.7 Å². The first-order valence-corrected chi connectivity index (χ1v) is 2.91. The Labute approximate surface area is 66.4 Å². The van der Waals surface area contributed by atoms with Crippen molar-refractivity contribution < 1.29 is 27.8 Å². The Morgan fingerprint density at radius 2 is 2.17 bits per heavy atom. The Morgan fingerprint density at radius 1 is 1.67 bits per heavy atom. The SMILES string of the molecule is C=CCOC(C(=O)O)C(F)(F)F. The summed E-state index contributed by atoms with van der Waals surface area (Å²) in [5.41, 5.74) is 0. The molecule has 70 valence electrons. The van der Waals surface area contributed by atoms with Gasteiger partial charge >= 0.3 is 12.1 Å². The molecule has 3 nitrogen and oxygen atoms in total. The Balaban J connectivity index is 4.24. The van der Waals surface area contributed by atoms with Crippen LogP contribution in [0.4, 0.5) is 13.2 Å². The minimum absolute atomic E-state index is 0.448. The standard InChI is InChI=1S/C6H7F3O3/c1-2-3-12-4(5(10)11)6(7,8)9/h2,4H,1,3H2,(H,10,11). The molecule has 0 rings (SSSR count). The lowest BCUT2D eigenvalue weighted by molar-refractivity contribution is -0.224. The number of rotatable bonds is 4. The number of hydrogen-bond donors (Lipinski definition) is 1. The van der Waals surface area contributed by atoms with Crippen LogP contribution < -0.4 is 0 Å². The van der Waals surface area contributed by atoms with E-state index in [1.165, 1.54) is 0 Å². The van der Waals surface area contributed by atoms with E-state index in [1.54, 1.807) is 0 Å². The summed E-state index contributed by atoms with van der Waals surface area (Å²) in [6, 6.07) is 0. The summed E-state index contributed by atoms with van der Waals surface area (Å²) in [6.45, 7) is 2.64. The number of aliphatic carboxylic acids is 1. The third kappa shape index (κ3) is 3.38. The summed E-state index contributed by atoms with van der Waals surface area (Å²) in [5.74, 6) is -2.05. The van der Waals surface area contributed by atoms with Crippen LogP contribution >= 0.6 is 0 Å². The molecule has 0 aliphatic heterocycles. The third-order valence-corrected chi connectivity index (χ3v) is 0.902. The molecule has 6 heteroatoms. The van der Waals surface area contributed by atoms with Gasteiger partial charge in [0.1, 0.15) is 0 Å². The van der Waals surface area contributed by atoms with Gasteiger partial charge < -0.3 is 9.84 Å². The summed E-state index contributed by atoms with van der Waals surface area (Å²) in [6.07, 6.45) is -6.60. The van der Waals surface area contributed by atoms with E-state index < -0.39 is 24.9 Å². The van der Waals surface area contributed by atoms with Crippen molar-refractivity contribution in [2.45, 2.75) is 12.3 Å². The van der Waals surface area contributed by atoms with E-state index in [1.807, 2.05) is 0 Å². The van der Waals surface area contributed by atoms with E-state index in [0.29, 0.717) is 0 Å². The van der Waals surface area contributed by atoms with Crippen molar-refractivity contribution in [3.63, 3.8) is 0 Å². The second-order valence-electron chi connectivity index (χ2n) is 1.88. The lowest BCUT2D eigenvalue weighted by atomic mass is 10.3. The van der Waals surface area contributed by atoms with Gasteiger partial charge in [-0.25, -0.2) is 4.79 Å². The molecule has 0 saturated carbocycles. The number of halogens is 3. The van der Waals surface area contributed by atoms with Crippen molar-refractivity contribution >= 4 is 5.97 Å². The molecule has 0 fully saturated rings. The normalized spacial score (nSPS) is 13.9. The molecule has 0 radical (unpaired) electrons. The molecule has 0 amide bonds. The Bertz CT molecular complexity index is 175. The minimum Gasteiger partial charge on any atom is -0.479 e. The van der Waals surface area contributed by atoms with Gasteiger partial charge in [-0.15, -0.1) is 6.58 Å². The molecule has 0 aliphatic carbocycles. The highest BCUT2D eigenvalue weighted by Gasteiger charge is 2.46. The van der Waals surface area contributed by atoms with Gasteiger partial charge in [0.15, 0.2) is 0 Å². The van der Waals surface area contributed by atoms with Crippen molar-refractivity contribution in [2.24, 2.45) is 0 Å². The number of carboxylic acids is 1. The van der Waals surface area contributed by atoms with Crippen LogP contribution in [0.3, 0.4) is 0 Å². The summed E-state index contributed by atoms with van der Waals surface area (Å²) in [4.78, 5) is 9.97. The maximum atomic E-state index is 11.8.